The molecule has 0 radical (unpaired) electrons. The van der Waals surface area contributed by atoms with Crippen LogP contribution >= 0.6 is 11.3 Å². The zero-order chi connectivity index (χ0) is 20.1. The van der Waals surface area contributed by atoms with Crippen molar-refractivity contribution >= 4 is 17.2 Å². The first-order valence-corrected chi connectivity index (χ1v) is 10.7. The minimum atomic E-state index is -0.0798. The number of aromatic nitrogens is 1. The number of ether oxygens (including phenoxy) is 1. The van der Waals surface area contributed by atoms with E-state index in [-0.39, 0.29) is 11.9 Å². The molecule has 2 heterocycles. The summed E-state index contributed by atoms with van der Waals surface area (Å²) in [6, 6.07) is 18.1. The van der Waals surface area contributed by atoms with Crippen LogP contribution in [0.15, 0.2) is 60.8 Å². The number of para-hydroxylation sites is 1. The first-order valence-electron chi connectivity index (χ1n) is 9.92. The standard InChI is InChI=1S/C23H25N3O2S/c1-28-20-12-6-5-11-18(20)19(26-13-7-8-14-26)15-24-22(27)21-16-25-23(29-21)17-9-3-2-4-10-17/h2-6,9-12,16,19H,7-8,13-15H2,1H3,(H,24,27). The topological polar surface area (TPSA) is 54.5 Å². The summed E-state index contributed by atoms with van der Waals surface area (Å²) in [6.07, 6.45) is 4.04. The molecule has 0 saturated carbocycles. The van der Waals surface area contributed by atoms with Crippen LogP contribution in [0.1, 0.15) is 34.1 Å². The zero-order valence-electron chi connectivity index (χ0n) is 16.5. The van der Waals surface area contributed by atoms with Gasteiger partial charge in [0.1, 0.15) is 15.6 Å². The molecule has 2 aromatic carbocycles. The predicted octanol–water partition coefficient (Wildman–Crippen LogP) is 4.39. The Morgan fingerprint density at radius 2 is 1.86 bits per heavy atom. The number of methoxy groups -OCH3 is 1. The normalized spacial score (nSPS) is 15.2. The molecule has 0 aliphatic carbocycles. The Kier molecular flexibility index (Phi) is 6.22. The van der Waals surface area contributed by atoms with Crippen molar-refractivity contribution in [2.45, 2.75) is 18.9 Å². The van der Waals surface area contributed by atoms with Crippen molar-refractivity contribution in [3.63, 3.8) is 0 Å². The van der Waals surface area contributed by atoms with Crippen LogP contribution in [0.3, 0.4) is 0 Å². The van der Waals surface area contributed by atoms with Gasteiger partial charge >= 0.3 is 0 Å². The number of nitrogens with zero attached hydrogens (tertiary/aromatic N) is 2. The molecule has 1 aliphatic rings. The van der Waals surface area contributed by atoms with Crippen LogP contribution in [0.4, 0.5) is 0 Å². The summed E-state index contributed by atoms with van der Waals surface area (Å²) in [5.74, 6) is 0.784. The third-order valence-electron chi connectivity index (χ3n) is 5.29. The van der Waals surface area contributed by atoms with Crippen LogP contribution in [0.2, 0.25) is 0 Å². The van der Waals surface area contributed by atoms with Crippen LogP contribution in [0.25, 0.3) is 10.6 Å². The molecule has 29 heavy (non-hydrogen) atoms. The molecule has 1 fully saturated rings. The molecule has 1 N–H and O–H groups in total. The fourth-order valence-corrected chi connectivity index (χ4v) is 4.64. The minimum absolute atomic E-state index is 0.0798. The summed E-state index contributed by atoms with van der Waals surface area (Å²) in [6.45, 7) is 2.62. The summed E-state index contributed by atoms with van der Waals surface area (Å²) >= 11 is 1.42. The van der Waals surface area contributed by atoms with Crippen molar-refractivity contribution in [2.24, 2.45) is 0 Å². The molecular weight excluding hydrogens is 382 g/mol. The second-order valence-electron chi connectivity index (χ2n) is 7.11. The summed E-state index contributed by atoms with van der Waals surface area (Å²) in [5.41, 5.74) is 2.15. The third-order valence-corrected chi connectivity index (χ3v) is 6.33. The lowest BCUT2D eigenvalue weighted by atomic mass is 10.0. The largest absolute Gasteiger partial charge is 0.496 e. The summed E-state index contributed by atoms with van der Waals surface area (Å²) in [5, 5.41) is 3.98. The molecule has 4 rings (SSSR count). The van der Waals surface area contributed by atoms with E-state index in [0.717, 1.165) is 35.0 Å². The molecule has 3 aromatic rings. The van der Waals surface area contributed by atoms with Crippen LogP contribution in [0.5, 0.6) is 5.75 Å². The van der Waals surface area contributed by atoms with Crippen molar-refractivity contribution in [3.8, 4) is 16.3 Å². The van der Waals surface area contributed by atoms with E-state index >= 15 is 0 Å². The van der Waals surface area contributed by atoms with Crippen LogP contribution in [-0.2, 0) is 0 Å². The fraction of sp³-hybridized carbons (Fsp3) is 0.304. The van der Waals surface area contributed by atoms with Gasteiger partial charge in [0.25, 0.3) is 5.91 Å². The Hall–Kier alpha value is -2.70. The Balaban J connectivity index is 1.49. The molecule has 0 bridgehead atoms. The van der Waals surface area contributed by atoms with E-state index < -0.39 is 0 Å². The predicted molar refractivity (Wildman–Crippen MR) is 116 cm³/mol. The molecule has 1 amide bonds. The van der Waals surface area contributed by atoms with Crippen LogP contribution in [0, 0.1) is 0 Å². The third kappa shape index (κ3) is 4.49. The van der Waals surface area contributed by atoms with Crippen molar-refractivity contribution in [2.75, 3.05) is 26.7 Å². The van der Waals surface area contributed by atoms with Gasteiger partial charge in [0.2, 0.25) is 0 Å². The Bertz CT molecular complexity index is 952. The van der Waals surface area contributed by atoms with Gasteiger partial charge in [-0.2, -0.15) is 0 Å². The van der Waals surface area contributed by atoms with Crippen LogP contribution < -0.4 is 10.1 Å². The van der Waals surface area contributed by atoms with Gasteiger partial charge in [-0.1, -0.05) is 48.5 Å². The average molecular weight is 408 g/mol. The van der Waals surface area contributed by atoms with Gasteiger partial charge in [0.05, 0.1) is 19.3 Å². The van der Waals surface area contributed by atoms with Crippen molar-refractivity contribution < 1.29 is 9.53 Å². The maximum Gasteiger partial charge on any atom is 0.263 e. The average Bonchev–Trinajstić information content (AvgIpc) is 3.47. The molecule has 1 unspecified atom stereocenters. The smallest absolute Gasteiger partial charge is 0.263 e. The van der Waals surface area contributed by atoms with Crippen molar-refractivity contribution in [3.05, 3.63) is 71.2 Å². The van der Waals surface area contributed by atoms with Gasteiger partial charge < -0.3 is 10.1 Å². The number of carbonyl (C=O) groups excluding carboxylic acids is 1. The quantitative estimate of drug-likeness (QED) is 0.631. The number of nitrogens with one attached hydrogen (secondary N) is 1. The highest BCUT2D eigenvalue weighted by Gasteiger charge is 2.26. The highest BCUT2D eigenvalue weighted by molar-refractivity contribution is 7.16. The van der Waals surface area contributed by atoms with Gasteiger partial charge in [-0.15, -0.1) is 11.3 Å². The van der Waals surface area contributed by atoms with E-state index in [2.05, 4.69) is 21.3 Å². The van der Waals surface area contributed by atoms with E-state index in [4.69, 9.17) is 4.74 Å². The van der Waals surface area contributed by atoms with Gasteiger partial charge in [0.15, 0.2) is 0 Å². The molecule has 1 atom stereocenters. The van der Waals surface area contributed by atoms with Gasteiger partial charge in [-0.3, -0.25) is 9.69 Å². The van der Waals surface area contributed by atoms with Crippen molar-refractivity contribution in [1.82, 2.24) is 15.2 Å². The maximum atomic E-state index is 12.8. The lowest BCUT2D eigenvalue weighted by Crippen LogP contribution is -2.36. The Labute approximate surface area is 175 Å². The van der Waals surface area contributed by atoms with E-state index in [1.807, 2.05) is 48.5 Å². The molecule has 0 spiro atoms. The lowest BCUT2D eigenvalue weighted by Gasteiger charge is -2.29. The maximum absolute atomic E-state index is 12.8. The number of thiazole rings is 1. The molecule has 5 nitrogen and oxygen atoms in total. The van der Waals surface area contributed by atoms with Crippen LogP contribution in [-0.4, -0.2) is 42.5 Å². The van der Waals surface area contributed by atoms with E-state index in [9.17, 15) is 4.79 Å². The number of hydrogen-bond donors (Lipinski definition) is 1. The molecule has 6 heteroatoms. The molecular formula is C23H25N3O2S. The second-order valence-corrected chi connectivity index (χ2v) is 8.14. The van der Waals surface area contributed by atoms with Gasteiger partial charge in [-0.25, -0.2) is 4.98 Å². The number of rotatable bonds is 7. The fourth-order valence-electron chi connectivity index (χ4n) is 3.80. The Morgan fingerprint density at radius 1 is 1.14 bits per heavy atom. The molecule has 1 aromatic heterocycles. The highest BCUT2D eigenvalue weighted by Crippen LogP contribution is 2.31. The Morgan fingerprint density at radius 3 is 2.62 bits per heavy atom. The first-order chi connectivity index (χ1) is 14.3. The summed E-state index contributed by atoms with van der Waals surface area (Å²) in [4.78, 5) is 20.3. The second kappa shape index (κ2) is 9.20. The number of carbonyl (C=O) groups is 1. The van der Waals surface area contributed by atoms with E-state index in [1.165, 1.54) is 24.2 Å². The highest BCUT2D eigenvalue weighted by atomic mass is 32.1. The number of hydrogen-bond acceptors (Lipinski definition) is 5. The van der Waals surface area contributed by atoms with E-state index in [0.29, 0.717) is 11.4 Å². The number of amides is 1. The number of likely N-dealkylation sites (tertiary alicyclic amines) is 1. The van der Waals surface area contributed by atoms with Crippen molar-refractivity contribution in [1.29, 1.82) is 0 Å². The summed E-state index contributed by atoms with van der Waals surface area (Å²) < 4.78 is 5.58. The zero-order valence-corrected chi connectivity index (χ0v) is 17.3. The van der Waals surface area contributed by atoms with E-state index in [1.54, 1.807) is 13.3 Å². The van der Waals surface area contributed by atoms with Gasteiger partial charge in [0, 0.05) is 17.7 Å². The monoisotopic (exact) mass is 407 g/mol. The van der Waals surface area contributed by atoms with Gasteiger partial charge in [-0.05, 0) is 32.0 Å². The SMILES string of the molecule is COc1ccccc1C(CNC(=O)c1cnc(-c2ccccc2)s1)N1CCCC1. The lowest BCUT2D eigenvalue weighted by molar-refractivity contribution is 0.0941. The number of benzene rings is 2. The summed E-state index contributed by atoms with van der Waals surface area (Å²) in [7, 11) is 1.70. The molecule has 150 valence electrons. The first kappa shape index (κ1) is 19.6. The minimum Gasteiger partial charge on any atom is -0.496 e. The molecule has 1 aliphatic heterocycles. The molecule has 1 saturated heterocycles.